The van der Waals surface area contributed by atoms with Crippen LogP contribution in [0.15, 0.2) is 110 Å². The van der Waals surface area contributed by atoms with Gasteiger partial charge in [0.05, 0.1) is 12.0 Å². The lowest BCUT2D eigenvalue weighted by Gasteiger charge is -2.41. The van der Waals surface area contributed by atoms with Gasteiger partial charge in [0.15, 0.2) is 0 Å². The summed E-state index contributed by atoms with van der Waals surface area (Å²) in [5, 5.41) is 2.15. The molecule has 1 amide bonds. The van der Waals surface area contributed by atoms with E-state index in [0.29, 0.717) is 6.04 Å². The number of carbonyl (C=O) groups is 1. The second-order valence-corrected chi connectivity index (χ2v) is 11.1. The molecule has 1 saturated heterocycles. The zero-order chi connectivity index (χ0) is 28.0. The molecule has 1 fully saturated rings. The molecule has 0 unspecified atom stereocenters. The summed E-state index contributed by atoms with van der Waals surface area (Å²) in [5.74, 6) is 0.145. The Labute approximate surface area is 243 Å². The molecule has 2 heterocycles. The lowest BCUT2D eigenvalue weighted by molar-refractivity contribution is 0.0429. The molecule has 0 radical (unpaired) electrons. The van der Waals surface area contributed by atoms with E-state index >= 15 is 0 Å². The van der Waals surface area contributed by atoms with Gasteiger partial charge in [0.1, 0.15) is 0 Å². The highest BCUT2D eigenvalue weighted by atomic mass is 16.2. The number of hydrogen-bond donors (Lipinski definition) is 0. The van der Waals surface area contributed by atoms with Crippen LogP contribution in [0, 0.1) is 0 Å². The van der Waals surface area contributed by atoms with E-state index in [1.165, 1.54) is 22.4 Å². The molecule has 0 spiro atoms. The molecule has 0 bridgehead atoms. The maximum Gasteiger partial charge on any atom is 0.254 e. The summed E-state index contributed by atoms with van der Waals surface area (Å²) in [5.41, 5.74) is 5.75. The van der Waals surface area contributed by atoms with Crippen LogP contribution in [0.5, 0.6) is 0 Å². The number of unbranched alkanes of at least 4 members (excludes halogenated alkanes) is 1. The van der Waals surface area contributed by atoms with Crippen molar-refractivity contribution in [3.05, 3.63) is 126 Å². The SMILES string of the molecule is CCCC[C@H]1CN(C(=O)c2cccc3ccccc23)CCN1Cc1cncn1Cc1ccc(-c2ccccc2)cc1. The van der Waals surface area contributed by atoms with Gasteiger partial charge in [-0.25, -0.2) is 4.98 Å². The van der Waals surface area contributed by atoms with Gasteiger partial charge in [0.2, 0.25) is 0 Å². The van der Waals surface area contributed by atoms with Gasteiger partial charge in [-0.1, -0.05) is 111 Å². The Morgan fingerprint density at radius 1 is 0.829 bits per heavy atom. The Bertz CT molecular complexity index is 1590. The van der Waals surface area contributed by atoms with Gasteiger partial charge in [-0.3, -0.25) is 9.69 Å². The van der Waals surface area contributed by atoms with Crippen LogP contribution in [0.1, 0.15) is 47.8 Å². The third-order valence-electron chi connectivity index (χ3n) is 8.38. The number of amides is 1. The molecule has 4 aromatic carbocycles. The van der Waals surface area contributed by atoms with Gasteiger partial charge in [-0.2, -0.15) is 0 Å². The van der Waals surface area contributed by atoms with Crippen LogP contribution in [0.25, 0.3) is 21.9 Å². The third kappa shape index (κ3) is 6.10. The van der Waals surface area contributed by atoms with Crippen molar-refractivity contribution in [1.82, 2.24) is 19.4 Å². The number of rotatable bonds is 9. The summed E-state index contributed by atoms with van der Waals surface area (Å²) in [6.07, 6.45) is 7.35. The molecule has 1 atom stereocenters. The van der Waals surface area contributed by atoms with Crippen molar-refractivity contribution in [3.8, 4) is 11.1 Å². The third-order valence-corrected chi connectivity index (χ3v) is 8.38. The summed E-state index contributed by atoms with van der Waals surface area (Å²) < 4.78 is 2.27. The van der Waals surface area contributed by atoms with Gasteiger partial charge in [-0.15, -0.1) is 0 Å². The van der Waals surface area contributed by atoms with Crippen LogP contribution in [-0.4, -0.2) is 50.9 Å². The molecule has 0 N–H and O–H groups in total. The maximum absolute atomic E-state index is 13.7. The van der Waals surface area contributed by atoms with Crippen LogP contribution in [-0.2, 0) is 13.1 Å². The second-order valence-electron chi connectivity index (χ2n) is 11.1. The second kappa shape index (κ2) is 12.5. The van der Waals surface area contributed by atoms with Crippen LogP contribution >= 0.6 is 0 Å². The lowest BCUT2D eigenvalue weighted by Crippen LogP contribution is -2.54. The average molecular weight is 543 g/mol. The Kier molecular flexibility index (Phi) is 8.24. The van der Waals surface area contributed by atoms with E-state index in [4.69, 9.17) is 0 Å². The highest BCUT2D eigenvalue weighted by molar-refractivity contribution is 6.07. The molecule has 1 aliphatic heterocycles. The molecule has 0 saturated carbocycles. The lowest BCUT2D eigenvalue weighted by atomic mass is 10.0. The Morgan fingerprint density at radius 3 is 2.41 bits per heavy atom. The molecule has 5 aromatic rings. The normalized spacial score (nSPS) is 15.8. The van der Waals surface area contributed by atoms with Crippen molar-refractivity contribution in [2.75, 3.05) is 19.6 Å². The van der Waals surface area contributed by atoms with E-state index in [1.54, 1.807) is 0 Å². The minimum atomic E-state index is 0.145. The Balaban J connectivity index is 1.15. The van der Waals surface area contributed by atoms with Crippen molar-refractivity contribution < 1.29 is 4.79 Å². The first-order valence-electron chi connectivity index (χ1n) is 14.8. The molecular formula is C36H38N4O. The van der Waals surface area contributed by atoms with Crippen molar-refractivity contribution in [2.45, 2.75) is 45.3 Å². The van der Waals surface area contributed by atoms with Gasteiger partial charge >= 0.3 is 0 Å². The first kappa shape index (κ1) is 27.0. The molecule has 1 aromatic heterocycles. The topological polar surface area (TPSA) is 41.4 Å². The quantitative estimate of drug-likeness (QED) is 0.197. The van der Waals surface area contributed by atoms with Crippen molar-refractivity contribution in [3.63, 3.8) is 0 Å². The fourth-order valence-corrected chi connectivity index (χ4v) is 6.04. The summed E-state index contributed by atoms with van der Waals surface area (Å²) in [7, 11) is 0. The van der Waals surface area contributed by atoms with E-state index in [1.807, 2.05) is 42.9 Å². The molecule has 0 aliphatic carbocycles. The minimum absolute atomic E-state index is 0.145. The molecular weight excluding hydrogens is 504 g/mol. The van der Waals surface area contributed by atoms with Crippen LogP contribution < -0.4 is 0 Å². The molecule has 1 aliphatic rings. The minimum Gasteiger partial charge on any atom is -0.336 e. The van der Waals surface area contributed by atoms with Gasteiger partial charge in [0, 0.05) is 50.5 Å². The number of imidazole rings is 1. The number of benzene rings is 4. The van der Waals surface area contributed by atoms with Crippen molar-refractivity contribution in [1.29, 1.82) is 0 Å². The molecule has 5 nitrogen and oxygen atoms in total. The highest BCUT2D eigenvalue weighted by Gasteiger charge is 2.30. The number of aromatic nitrogens is 2. The van der Waals surface area contributed by atoms with Crippen LogP contribution in [0.4, 0.5) is 0 Å². The number of nitrogens with zero attached hydrogens (tertiary/aromatic N) is 4. The van der Waals surface area contributed by atoms with E-state index in [9.17, 15) is 4.79 Å². The average Bonchev–Trinajstić information content (AvgIpc) is 3.46. The number of piperazine rings is 1. The monoisotopic (exact) mass is 542 g/mol. The first-order chi connectivity index (χ1) is 20.2. The zero-order valence-corrected chi connectivity index (χ0v) is 23.8. The summed E-state index contributed by atoms with van der Waals surface area (Å²) in [4.78, 5) is 22.9. The van der Waals surface area contributed by atoms with E-state index in [-0.39, 0.29) is 5.91 Å². The summed E-state index contributed by atoms with van der Waals surface area (Å²) in [6, 6.07) is 33.9. The molecule has 5 heteroatoms. The van der Waals surface area contributed by atoms with Gasteiger partial charge in [-0.05, 0) is 39.9 Å². The predicted octanol–water partition coefficient (Wildman–Crippen LogP) is 7.27. The molecule has 41 heavy (non-hydrogen) atoms. The fourth-order valence-electron chi connectivity index (χ4n) is 6.04. The largest absolute Gasteiger partial charge is 0.336 e. The highest BCUT2D eigenvalue weighted by Crippen LogP contribution is 2.25. The van der Waals surface area contributed by atoms with Gasteiger partial charge in [0.25, 0.3) is 5.91 Å². The predicted molar refractivity (Wildman–Crippen MR) is 167 cm³/mol. The fraction of sp³-hybridized carbons (Fsp3) is 0.278. The number of carbonyl (C=O) groups excluding carboxylic acids is 1. The number of hydrogen-bond acceptors (Lipinski definition) is 3. The Hall–Kier alpha value is -4.22. The van der Waals surface area contributed by atoms with Crippen molar-refractivity contribution >= 4 is 16.7 Å². The Morgan fingerprint density at radius 2 is 1.59 bits per heavy atom. The molecule has 208 valence electrons. The maximum atomic E-state index is 13.7. The number of fused-ring (bicyclic) bond motifs is 1. The first-order valence-corrected chi connectivity index (χ1v) is 14.8. The van der Waals surface area contributed by atoms with Crippen molar-refractivity contribution in [2.24, 2.45) is 0 Å². The van der Waals surface area contributed by atoms with E-state index < -0.39 is 0 Å². The van der Waals surface area contributed by atoms with Crippen LogP contribution in [0.2, 0.25) is 0 Å². The van der Waals surface area contributed by atoms with Crippen LogP contribution in [0.3, 0.4) is 0 Å². The summed E-state index contributed by atoms with van der Waals surface area (Å²) in [6.45, 7) is 6.24. The zero-order valence-electron chi connectivity index (χ0n) is 23.8. The summed E-state index contributed by atoms with van der Waals surface area (Å²) >= 11 is 0. The standard InChI is InChI=1S/C36H38N4O/c1-2-3-14-32-25-39(36(41)35-16-9-13-31-12-7-8-15-34(31)35)22-21-38(32)26-33-23-37-27-40(33)24-28-17-19-30(20-18-28)29-10-5-4-6-11-29/h4-13,15-20,23,27,32H,2-3,14,21-22,24-26H2,1H3/t32-/m0/s1. The van der Waals surface area contributed by atoms with E-state index in [2.05, 4.69) is 93.0 Å². The smallest absolute Gasteiger partial charge is 0.254 e. The molecule has 6 rings (SSSR count). The van der Waals surface area contributed by atoms with E-state index in [0.717, 1.165) is 68.3 Å². The van der Waals surface area contributed by atoms with Gasteiger partial charge < -0.3 is 9.47 Å².